The topological polar surface area (TPSA) is 53.8 Å². The van der Waals surface area contributed by atoms with Crippen LogP contribution in [0.3, 0.4) is 0 Å². The van der Waals surface area contributed by atoms with Crippen LogP contribution >= 0.6 is 11.6 Å². The number of rotatable bonds is 7. The van der Waals surface area contributed by atoms with E-state index in [1.807, 2.05) is 30.3 Å². The molecule has 0 saturated carbocycles. The molecule has 1 aromatic heterocycles. The van der Waals surface area contributed by atoms with Crippen molar-refractivity contribution >= 4 is 34.2 Å². The van der Waals surface area contributed by atoms with Crippen molar-refractivity contribution in [3.8, 4) is 5.75 Å². The second kappa shape index (κ2) is 11.9. The fourth-order valence-electron chi connectivity index (χ4n) is 6.05. The third-order valence-corrected chi connectivity index (χ3v) is 8.47. The van der Waals surface area contributed by atoms with Crippen LogP contribution in [0, 0.1) is 5.92 Å². The van der Waals surface area contributed by atoms with Gasteiger partial charge in [0.25, 0.3) is 0 Å². The van der Waals surface area contributed by atoms with Gasteiger partial charge in [0, 0.05) is 56.0 Å². The molecule has 2 aliphatic rings. The standard InChI is InChI=1S/C32H36ClN5O2/c1-40-28-8-4-7-27(20-28)36-16-18-37(19-17-36)32(39)25-6-5-15-35(22-25)23-31-34-29-9-2-3-10-30(29)38(31)21-24-11-13-26(33)14-12-24/h2-4,7-14,20,25H,5-6,15-19,21-23H2,1H3/t25-/m1/s1. The second-order valence-electron chi connectivity index (χ2n) is 10.8. The summed E-state index contributed by atoms with van der Waals surface area (Å²) >= 11 is 6.13. The predicted molar refractivity (Wildman–Crippen MR) is 160 cm³/mol. The molecular weight excluding hydrogens is 522 g/mol. The maximum atomic E-state index is 13.6. The number of carbonyl (C=O) groups is 1. The summed E-state index contributed by atoms with van der Waals surface area (Å²) in [4.78, 5) is 25.4. The van der Waals surface area contributed by atoms with Gasteiger partial charge in [-0.2, -0.15) is 0 Å². The van der Waals surface area contributed by atoms with E-state index in [1.54, 1.807) is 7.11 Å². The number of hydrogen-bond acceptors (Lipinski definition) is 5. The molecule has 3 aromatic carbocycles. The Morgan fingerprint density at radius 2 is 1.75 bits per heavy atom. The first kappa shape index (κ1) is 26.7. The van der Waals surface area contributed by atoms with Crippen LogP contribution in [0.25, 0.3) is 11.0 Å². The predicted octanol–water partition coefficient (Wildman–Crippen LogP) is 5.31. The summed E-state index contributed by atoms with van der Waals surface area (Å²) < 4.78 is 7.70. The molecule has 40 heavy (non-hydrogen) atoms. The highest BCUT2D eigenvalue weighted by Crippen LogP contribution is 2.26. The molecule has 4 aromatic rings. The highest BCUT2D eigenvalue weighted by atomic mass is 35.5. The van der Waals surface area contributed by atoms with Crippen LogP contribution in [-0.4, -0.2) is 71.6 Å². The fraction of sp³-hybridized carbons (Fsp3) is 0.375. The van der Waals surface area contributed by atoms with E-state index in [-0.39, 0.29) is 5.92 Å². The van der Waals surface area contributed by atoms with Crippen LogP contribution in [0.2, 0.25) is 5.02 Å². The highest BCUT2D eigenvalue weighted by Gasteiger charge is 2.31. The molecule has 0 radical (unpaired) electrons. The van der Waals surface area contributed by atoms with Gasteiger partial charge in [0.05, 0.1) is 30.6 Å². The van der Waals surface area contributed by atoms with E-state index in [0.717, 1.165) is 98.5 Å². The lowest BCUT2D eigenvalue weighted by Gasteiger charge is -2.39. The number of imidazole rings is 1. The average molecular weight is 558 g/mol. The summed E-state index contributed by atoms with van der Waals surface area (Å²) in [6.45, 7) is 6.41. The second-order valence-corrected chi connectivity index (χ2v) is 11.3. The number of fused-ring (bicyclic) bond motifs is 1. The Labute approximate surface area is 240 Å². The minimum atomic E-state index is 0.0335. The van der Waals surface area contributed by atoms with Crippen molar-refractivity contribution in [1.82, 2.24) is 19.4 Å². The van der Waals surface area contributed by atoms with Gasteiger partial charge in [-0.15, -0.1) is 0 Å². The van der Waals surface area contributed by atoms with Gasteiger partial charge in [-0.1, -0.05) is 41.9 Å². The van der Waals surface area contributed by atoms with Crippen LogP contribution < -0.4 is 9.64 Å². The molecule has 0 unspecified atom stereocenters. The first-order chi connectivity index (χ1) is 19.6. The normalized spacial score (nSPS) is 18.3. The molecule has 0 aliphatic carbocycles. The monoisotopic (exact) mass is 557 g/mol. The van der Waals surface area contributed by atoms with Gasteiger partial charge in [-0.05, 0) is 61.3 Å². The lowest BCUT2D eigenvalue weighted by molar-refractivity contribution is -0.137. The summed E-state index contributed by atoms with van der Waals surface area (Å²) in [6.07, 6.45) is 1.98. The highest BCUT2D eigenvalue weighted by molar-refractivity contribution is 6.30. The fourth-order valence-corrected chi connectivity index (χ4v) is 6.17. The van der Waals surface area contributed by atoms with Crippen LogP contribution in [0.5, 0.6) is 5.75 Å². The number of ether oxygens (including phenoxy) is 1. The van der Waals surface area contributed by atoms with Gasteiger partial charge in [0.15, 0.2) is 0 Å². The average Bonchev–Trinajstić information content (AvgIpc) is 3.34. The van der Waals surface area contributed by atoms with E-state index in [0.29, 0.717) is 5.91 Å². The van der Waals surface area contributed by atoms with Crippen molar-refractivity contribution in [2.24, 2.45) is 5.92 Å². The Hall–Kier alpha value is -3.55. The van der Waals surface area contributed by atoms with E-state index in [4.69, 9.17) is 21.3 Å². The van der Waals surface area contributed by atoms with Crippen LogP contribution in [0.1, 0.15) is 24.2 Å². The van der Waals surface area contributed by atoms with E-state index in [1.165, 1.54) is 5.56 Å². The molecule has 2 fully saturated rings. The molecule has 8 heteroatoms. The number of likely N-dealkylation sites (tertiary alicyclic amines) is 1. The lowest BCUT2D eigenvalue weighted by Crippen LogP contribution is -2.52. The minimum Gasteiger partial charge on any atom is -0.497 e. The molecule has 1 atom stereocenters. The molecule has 7 nitrogen and oxygen atoms in total. The molecule has 0 spiro atoms. The summed E-state index contributed by atoms with van der Waals surface area (Å²) in [7, 11) is 1.69. The third kappa shape index (κ3) is 5.81. The van der Waals surface area contributed by atoms with Crippen LogP contribution in [0.15, 0.2) is 72.8 Å². The number of carbonyl (C=O) groups excluding carboxylic acids is 1. The number of amides is 1. The molecule has 1 amide bonds. The van der Waals surface area contributed by atoms with Gasteiger partial charge in [0.1, 0.15) is 11.6 Å². The summed E-state index contributed by atoms with van der Waals surface area (Å²) in [6, 6.07) is 24.5. The number of anilines is 1. The summed E-state index contributed by atoms with van der Waals surface area (Å²) in [5.41, 5.74) is 4.47. The summed E-state index contributed by atoms with van der Waals surface area (Å²) in [5.74, 6) is 2.23. The third-order valence-electron chi connectivity index (χ3n) is 8.22. The number of nitrogens with zero attached hydrogens (tertiary/aromatic N) is 5. The number of aromatic nitrogens is 2. The van der Waals surface area contributed by atoms with E-state index in [2.05, 4.69) is 61.7 Å². The molecule has 3 heterocycles. The molecule has 0 N–H and O–H groups in total. The van der Waals surface area contributed by atoms with Crippen molar-refractivity contribution < 1.29 is 9.53 Å². The Morgan fingerprint density at radius 1 is 0.950 bits per heavy atom. The Balaban J connectivity index is 1.11. The zero-order chi connectivity index (χ0) is 27.5. The quantitative estimate of drug-likeness (QED) is 0.308. The van der Waals surface area contributed by atoms with Gasteiger partial charge in [-0.3, -0.25) is 9.69 Å². The van der Waals surface area contributed by atoms with Crippen molar-refractivity contribution in [3.63, 3.8) is 0 Å². The Morgan fingerprint density at radius 3 is 2.55 bits per heavy atom. The lowest BCUT2D eigenvalue weighted by atomic mass is 9.96. The summed E-state index contributed by atoms with van der Waals surface area (Å²) in [5, 5.41) is 0.741. The van der Waals surface area contributed by atoms with Gasteiger partial charge < -0.3 is 19.1 Å². The smallest absolute Gasteiger partial charge is 0.227 e. The minimum absolute atomic E-state index is 0.0335. The number of piperazine rings is 1. The van der Waals surface area contributed by atoms with E-state index in [9.17, 15) is 4.79 Å². The number of hydrogen-bond donors (Lipinski definition) is 0. The zero-order valence-corrected chi connectivity index (χ0v) is 23.8. The Kier molecular flexibility index (Phi) is 7.93. The number of para-hydroxylation sites is 2. The van der Waals surface area contributed by atoms with Crippen molar-refractivity contribution in [3.05, 3.63) is 89.2 Å². The first-order valence-corrected chi connectivity index (χ1v) is 14.5. The van der Waals surface area contributed by atoms with Gasteiger partial charge >= 0.3 is 0 Å². The number of halogens is 1. The molecular formula is C32H36ClN5O2. The van der Waals surface area contributed by atoms with Crippen LogP contribution in [-0.2, 0) is 17.9 Å². The molecule has 2 saturated heterocycles. The van der Waals surface area contributed by atoms with Crippen molar-refractivity contribution in [2.45, 2.75) is 25.9 Å². The zero-order valence-electron chi connectivity index (χ0n) is 23.0. The number of benzene rings is 3. The van der Waals surface area contributed by atoms with Crippen molar-refractivity contribution in [2.75, 3.05) is 51.3 Å². The molecule has 2 aliphatic heterocycles. The number of methoxy groups -OCH3 is 1. The maximum absolute atomic E-state index is 13.6. The first-order valence-electron chi connectivity index (χ1n) is 14.2. The molecule has 208 valence electrons. The van der Waals surface area contributed by atoms with Crippen LogP contribution in [0.4, 0.5) is 5.69 Å². The maximum Gasteiger partial charge on any atom is 0.227 e. The van der Waals surface area contributed by atoms with E-state index < -0.39 is 0 Å². The van der Waals surface area contributed by atoms with Crippen molar-refractivity contribution in [1.29, 1.82) is 0 Å². The Bertz CT molecular complexity index is 1460. The van der Waals surface area contributed by atoms with Gasteiger partial charge in [0.2, 0.25) is 5.91 Å². The number of piperidine rings is 1. The largest absolute Gasteiger partial charge is 0.497 e. The molecule has 6 rings (SSSR count). The van der Waals surface area contributed by atoms with E-state index >= 15 is 0 Å². The SMILES string of the molecule is COc1cccc(N2CCN(C(=O)[C@@H]3CCCN(Cc4nc5ccccc5n4Cc4ccc(Cl)cc4)C3)CC2)c1. The molecule has 0 bridgehead atoms. The van der Waals surface area contributed by atoms with Gasteiger partial charge in [-0.25, -0.2) is 4.98 Å².